The second kappa shape index (κ2) is 22.3. The first-order valence-corrected chi connectivity index (χ1v) is 23.8. The third kappa shape index (κ3) is 14.9. The van der Waals surface area contributed by atoms with Crippen LogP contribution in [0.5, 0.6) is 0 Å². The lowest BCUT2D eigenvalue weighted by atomic mass is 9.77. The highest BCUT2D eigenvalue weighted by Crippen LogP contribution is 2.51. The minimum absolute atomic E-state index is 0.0464. The molecule has 59 heavy (non-hydrogen) atoms. The molecule has 328 valence electrons. The molecule has 0 fully saturated rings. The zero-order valence-corrected chi connectivity index (χ0v) is 35.7. The maximum Gasteiger partial charge on any atom is 0.294 e. The summed E-state index contributed by atoms with van der Waals surface area (Å²) < 4.78 is 129. The molecule has 20 heteroatoms. The lowest BCUT2D eigenvalue weighted by Crippen LogP contribution is -2.31. The molecule has 4 N–H and O–H groups in total. The molecular weight excluding hydrogens is 833 g/mol. The number of fused-ring (bicyclic) bond motifs is 2. The molecule has 1 unspecified atom stereocenters. The van der Waals surface area contributed by atoms with Crippen LogP contribution in [0.2, 0.25) is 0 Å². The zero-order valence-electron chi connectivity index (χ0n) is 33.3. The minimum atomic E-state index is -4.59. The van der Waals surface area contributed by atoms with Crippen LogP contribution in [-0.2, 0) is 54.7 Å². The summed E-state index contributed by atoms with van der Waals surface area (Å²) in [5.74, 6) is -0.285. The average molecular weight is 888 g/mol. The molecule has 2 heterocycles. The fourth-order valence-corrected chi connectivity index (χ4v) is 8.41. The van der Waals surface area contributed by atoms with Gasteiger partial charge in [0.25, 0.3) is 30.4 Å². The van der Waals surface area contributed by atoms with Crippen LogP contribution in [0.3, 0.4) is 0 Å². The summed E-state index contributed by atoms with van der Waals surface area (Å²) in [7, 11) is -13.0. The lowest BCUT2D eigenvalue weighted by Gasteiger charge is -2.30. The Morgan fingerprint density at radius 1 is 0.797 bits per heavy atom. The number of rotatable bonds is 26. The van der Waals surface area contributed by atoms with Crippen LogP contribution in [0.1, 0.15) is 44.2 Å². The Morgan fingerprint density at radius 3 is 2.03 bits per heavy atom. The van der Waals surface area contributed by atoms with Gasteiger partial charge in [-0.3, -0.25) is 13.7 Å². The molecule has 3 aliphatic rings. The van der Waals surface area contributed by atoms with E-state index in [1.54, 1.807) is 18.4 Å². The Balaban J connectivity index is 1.60. The van der Waals surface area contributed by atoms with E-state index >= 15 is 0 Å². The van der Waals surface area contributed by atoms with Crippen molar-refractivity contribution in [2.24, 2.45) is 0 Å². The van der Waals surface area contributed by atoms with E-state index in [2.05, 4.69) is 0 Å². The van der Waals surface area contributed by atoms with Crippen LogP contribution in [0.4, 0.5) is 5.69 Å². The molecule has 4 rings (SSSR count). The quantitative estimate of drug-likeness (QED) is 0.0515. The van der Waals surface area contributed by atoms with Crippen LogP contribution in [0.15, 0.2) is 75.9 Å². The predicted octanol–water partition coefficient (Wildman–Crippen LogP) is 3.10. The highest BCUT2D eigenvalue weighted by atomic mass is 32.2. The molecule has 1 aromatic carbocycles. The van der Waals surface area contributed by atoms with Gasteiger partial charge < -0.3 is 33.4 Å². The van der Waals surface area contributed by atoms with Crippen molar-refractivity contribution in [2.45, 2.75) is 43.4 Å². The van der Waals surface area contributed by atoms with Crippen molar-refractivity contribution < 1.29 is 67.4 Å². The maximum atomic E-state index is 12.3. The first-order valence-electron chi connectivity index (χ1n) is 19.2. The van der Waals surface area contributed by atoms with Crippen LogP contribution in [-0.4, -0.2) is 135 Å². The highest BCUT2D eigenvalue weighted by molar-refractivity contribution is 7.86. The molecule has 0 saturated carbocycles. The van der Waals surface area contributed by atoms with Gasteiger partial charge >= 0.3 is 0 Å². The summed E-state index contributed by atoms with van der Waals surface area (Å²) in [5.41, 5.74) is 2.49. The van der Waals surface area contributed by atoms with Crippen molar-refractivity contribution in [3.05, 3.63) is 83.1 Å². The van der Waals surface area contributed by atoms with Gasteiger partial charge in [0.15, 0.2) is 0 Å². The Morgan fingerprint density at radius 2 is 1.42 bits per heavy atom. The Hall–Kier alpha value is -3.54. The Bertz CT molecular complexity index is 2270. The van der Waals surface area contributed by atoms with Gasteiger partial charge in [-0.1, -0.05) is 12.2 Å². The SMILES string of the molecule is CC[N+](CCCS(=O)(=O)O)=c1ccc2c(C=CC=C3N(CCOCCOCCOCCOCCO)c4ccc(S(=O)(=O)O)cc4C3(C)CCCS(=O)(=O)O)ccoc-2c1. The molecule has 17 nitrogen and oxygen atoms in total. The molecule has 0 bridgehead atoms. The first-order chi connectivity index (χ1) is 28.0. The number of ether oxygens (including phenoxy) is 4. The third-order valence-corrected chi connectivity index (χ3v) is 12.2. The van der Waals surface area contributed by atoms with Crippen molar-refractivity contribution in [1.29, 1.82) is 0 Å². The number of nitrogens with zero attached hydrogens (tertiary/aromatic N) is 2. The van der Waals surface area contributed by atoms with E-state index in [1.807, 2.05) is 59.8 Å². The maximum absolute atomic E-state index is 12.3. The van der Waals surface area contributed by atoms with E-state index < -0.39 is 41.5 Å². The van der Waals surface area contributed by atoms with Crippen molar-refractivity contribution in [3.63, 3.8) is 0 Å². The van der Waals surface area contributed by atoms with Gasteiger partial charge in [-0.05, 0) is 74.2 Å². The first kappa shape index (κ1) is 48.1. The van der Waals surface area contributed by atoms with Gasteiger partial charge in [0, 0.05) is 41.4 Å². The number of aliphatic hydroxyl groups is 1. The molecular formula is C39H55N2O15S3+. The Labute approximate surface area is 346 Å². The molecule has 0 amide bonds. The minimum Gasteiger partial charge on any atom is -0.464 e. The molecule has 0 saturated heterocycles. The summed E-state index contributed by atoms with van der Waals surface area (Å²) in [6.07, 6.45) is 7.59. The molecule has 2 aliphatic heterocycles. The molecule has 0 spiro atoms. The standard InChI is InChI=1S/C39H54N2O15S3/c1-3-40(15-6-28-58(46,47)48)32-9-11-34-31(13-18-56-37(34)29-32)7-4-8-38-39(2,14-5-27-57(43,44)45)35-30-33(59(49,50)51)10-12-36(35)41(38)16-19-52-21-23-54-25-26-55-24-22-53-20-17-42/h4,7-13,18,29-30,42H,3,5-6,14-17,19-28H2,1-2H3,(H2-,43,44,45,46,47,48,49,50,51)/p+1. The summed E-state index contributed by atoms with van der Waals surface area (Å²) in [6, 6.07) is 11.7. The molecule has 0 aromatic heterocycles. The van der Waals surface area contributed by atoms with Crippen molar-refractivity contribution in [1.82, 2.24) is 4.58 Å². The summed E-state index contributed by atoms with van der Waals surface area (Å²) in [6.45, 7) is 7.60. The van der Waals surface area contributed by atoms with Crippen molar-refractivity contribution in [3.8, 4) is 11.3 Å². The lowest BCUT2D eigenvalue weighted by molar-refractivity contribution is -0.00484. The fraction of sp³-hybridized carbons (Fsp3) is 0.513. The van der Waals surface area contributed by atoms with Crippen LogP contribution < -0.4 is 14.8 Å². The van der Waals surface area contributed by atoms with Gasteiger partial charge in [-0.15, -0.1) is 0 Å². The van der Waals surface area contributed by atoms with Gasteiger partial charge in [0.1, 0.15) is 18.8 Å². The zero-order chi connectivity index (χ0) is 43.1. The number of anilines is 1. The van der Waals surface area contributed by atoms with E-state index in [0.717, 1.165) is 16.5 Å². The molecule has 1 aromatic rings. The molecule has 1 atom stereocenters. The number of benzene rings is 2. The summed E-state index contributed by atoms with van der Waals surface area (Å²) in [4.78, 5) is 1.64. The van der Waals surface area contributed by atoms with E-state index in [9.17, 15) is 34.4 Å². The second-order valence-corrected chi connectivity index (χ2v) is 18.5. The average Bonchev–Trinajstić information content (AvgIpc) is 3.39. The van der Waals surface area contributed by atoms with Gasteiger partial charge in [0.05, 0.1) is 88.2 Å². The van der Waals surface area contributed by atoms with Crippen molar-refractivity contribution in [2.75, 3.05) is 95.5 Å². The number of hydrogen-bond donors (Lipinski definition) is 4. The number of allylic oxidation sites excluding steroid dienone is 3. The van der Waals surface area contributed by atoms with E-state index in [-0.39, 0.29) is 56.3 Å². The monoisotopic (exact) mass is 887 g/mol. The van der Waals surface area contributed by atoms with E-state index in [4.69, 9.17) is 33.0 Å². The normalized spacial score (nSPS) is 17.4. The number of aliphatic hydroxyl groups excluding tert-OH is 1. The highest BCUT2D eigenvalue weighted by Gasteiger charge is 2.43. The fourth-order valence-electron chi connectivity index (χ4n) is 6.90. The van der Waals surface area contributed by atoms with Gasteiger partial charge in [-0.2, -0.15) is 25.3 Å². The smallest absolute Gasteiger partial charge is 0.294 e. The largest absolute Gasteiger partial charge is 0.464 e. The summed E-state index contributed by atoms with van der Waals surface area (Å²) in [5, 5.41) is 9.55. The second-order valence-electron chi connectivity index (χ2n) is 13.9. The molecule has 0 radical (unpaired) electrons. The van der Waals surface area contributed by atoms with Gasteiger partial charge in [-0.25, -0.2) is 4.58 Å². The van der Waals surface area contributed by atoms with Crippen molar-refractivity contribution >= 4 is 42.1 Å². The van der Waals surface area contributed by atoms with Crippen LogP contribution in [0.25, 0.3) is 17.4 Å². The Kier molecular flexibility index (Phi) is 18.2. The number of hydrogen-bond acceptors (Lipinski definition) is 13. The van der Waals surface area contributed by atoms with Crippen LogP contribution >= 0.6 is 0 Å². The van der Waals surface area contributed by atoms with Gasteiger partial charge in [0.2, 0.25) is 5.36 Å². The topological polar surface area (TPSA) is 240 Å². The van der Waals surface area contributed by atoms with Crippen LogP contribution in [0, 0.1) is 0 Å². The van der Waals surface area contributed by atoms with E-state index in [0.29, 0.717) is 75.4 Å². The molecule has 1 aliphatic carbocycles. The van der Waals surface area contributed by atoms with E-state index in [1.165, 1.54) is 12.1 Å². The summed E-state index contributed by atoms with van der Waals surface area (Å²) >= 11 is 0. The predicted molar refractivity (Wildman–Crippen MR) is 221 cm³/mol. The third-order valence-electron chi connectivity index (χ3n) is 9.72.